The van der Waals surface area contributed by atoms with Gasteiger partial charge in [0.25, 0.3) is 0 Å². The minimum absolute atomic E-state index is 0.1000. The number of ether oxygens (including phenoxy) is 3. The van der Waals surface area contributed by atoms with Crippen LogP contribution in [0.5, 0.6) is 17.2 Å². The molecule has 7 heteroatoms. The number of aromatic nitrogens is 1. The maximum atomic E-state index is 5.84. The number of methoxy groups -OCH3 is 3. The van der Waals surface area contributed by atoms with Crippen molar-refractivity contribution < 1.29 is 14.2 Å². The number of nitrogens with zero attached hydrogens (tertiary/aromatic N) is 2. The number of benzene rings is 2. The highest BCUT2D eigenvalue weighted by molar-refractivity contribution is 7.80. The quantitative estimate of drug-likeness (QED) is 0.617. The lowest BCUT2D eigenvalue weighted by molar-refractivity contribution is 0.284. The first-order valence-electron chi connectivity index (χ1n) is 9.73. The van der Waals surface area contributed by atoms with Crippen LogP contribution in [-0.2, 0) is 6.54 Å². The minimum Gasteiger partial charge on any atom is -0.497 e. The molecule has 0 bridgehead atoms. The Labute approximate surface area is 182 Å². The van der Waals surface area contributed by atoms with Crippen LogP contribution < -0.4 is 19.5 Å². The number of rotatable bonds is 5. The van der Waals surface area contributed by atoms with Crippen LogP contribution in [0, 0.1) is 0 Å². The zero-order chi connectivity index (χ0) is 21.1. The van der Waals surface area contributed by atoms with Crippen LogP contribution in [0.4, 0.5) is 5.69 Å². The molecule has 1 aliphatic heterocycles. The Bertz CT molecular complexity index is 1030. The SMILES string of the molecule is COc1ccc(NC(=S)N2CCn3cccc3[C@@H]2c2cc(OC)ccc2OC)cc1. The van der Waals surface area contributed by atoms with Crippen molar-refractivity contribution in [1.82, 2.24) is 9.47 Å². The van der Waals surface area contributed by atoms with Gasteiger partial charge in [0.05, 0.1) is 21.3 Å². The van der Waals surface area contributed by atoms with Gasteiger partial charge in [-0.05, 0) is 66.8 Å². The molecular formula is C23H25N3O3S. The van der Waals surface area contributed by atoms with Crippen LogP contribution in [0.25, 0.3) is 0 Å². The summed E-state index contributed by atoms with van der Waals surface area (Å²) in [5, 5.41) is 4.03. The maximum Gasteiger partial charge on any atom is 0.174 e. The Morgan fingerprint density at radius 2 is 1.67 bits per heavy atom. The van der Waals surface area contributed by atoms with E-state index >= 15 is 0 Å². The van der Waals surface area contributed by atoms with Crippen LogP contribution in [0.15, 0.2) is 60.8 Å². The molecule has 3 aromatic rings. The second kappa shape index (κ2) is 8.67. The van der Waals surface area contributed by atoms with E-state index in [0.717, 1.165) is 47.3 Å². The first kappa shape index (κ1) is 20.1. The lowest BCUT2D eigenvalue weighted by atomic mass is 9.99. The lowest BCUT2D eigenvalue weighted by Crippen LogP contribution is -2.44. The fraction of sp³-hybridized carbons (Fsp3) is 0.261. The number of fused-ring (bicyclic) bond motifs is 1. The van der Waals surface area contributed by atoms with Gasteiger partial charge < -0.3 is 29.0 Å². The van der Waals surface area contributed by atoms with Crippen LogP contribution in [0.1, 0.15) is 17.3 Å². The molecule has 156 valence electrons. The zero-order valence-electron chi connectivity index (χ0n) is 17.3. The Morgan fingerprint density at radius 1 is 0.933 bits per heavy atom. The molecule has 0 amide bonds. The van der Waals surface area contributed by atoms with Crippen molar-refractivity contribution in [2.24, 2.45) is 0 Å². The third kappa shape index (κ3) is 3.80. The molecule has 0 unspecified atom stereocenters. The average Bonchev–Trinajstić information content (AvgIpc) is 3.27. The Kier molecular flexibility index (Phi) is 5.81. The number of hydrogen-bond acceptors (Lipinski definition) is 4. The highest BCUT2D eigenvalue weighted by atomic mass is 32.1. The third-order valence-corrected chi connectivity index (χ3v) is 5.71. The fourth-order valence-electron chi connectivity index (χ4n) is 3.85. The Morgan fingerprint density at radius 3 is 2.37 bits per heavy atom. The van der Waals surface area contributed by atoms with E-state index in [9.17, 15) is 0 Å². The largest absolute Gasteiger partial charge is 0.497 e. The number of nitrogens with one attached hydrogen (secondary N) is 1. The molecule has 30 heavy (non-hydrogen) atoms. The summed E-state index contributed by atoms with van der Waals surface area (Å²) < 4.78 is 18.7. The van der Waals surface area contributed by atoms with E-state index in [-0.39, 0.29) is 6.04 Å². The number of anilines is 1. The molecule has 6 nitrogen and oxygen atoms in total. The van der Waals surface area contributed by atoms with Crippen molar-refractivity contribution in [1.29, 1.82) is 0 Å². The van der Waals surface area contributed by atoms with Gasteiger partial charge in [-0.2, -0.15) is 0 Å². The molecule has 4 rings (SSSR count). The molecular weight excluding hydrogens is 398 g/mol. The van der Waals surface area contributed by atoms with Gasteiger partial charge in [-0.3, -0.25) is 0 Å². The van der Waals surface area contributed by atoms with E-state index in [1.165, 1.54) is 0 Å². The Hall–Kier alpha value is -3.19. The first-order valence-corrected chi connectivity index (χ1v) is 10.1. The summed E-state index contributed by atoms with van der Waals surface area (Å²) in [6, 6.07) is 17.7. The van der Waals surface area contributed by atoms with Crippen LogP contribution in [-0.4, -0.2) is 42.5 Å². The summed E-state index contributed by atoms with van der Waals surface area (Å²) >= 11 is 5.84. The van der Waals surface area contributed by atoms with E-state index in [4.69, 9.17) is 26.4 Å². The molecule has 1 aliphatic rings. The molecule has 2 heterocycles. The minimum atomic E-state index is -0.1000. The molecule has 1 N–H and O–H groups in total. The summed E-state index contributed by atoms with van der Waals surface area (Å²) in [6.45, 7) is 1.63. The zero-order valence-corrected chi connectivity index (χ0v) is 18.1. The molecule has 0 spiro atoms. The summed E-state index contributed by atoms with van der Waals surface area (Å²) in [6.07, 6.45) is 2.10. The van der Waals surface area contributed by atoms with Crippen molar-refractivity contribution in [3.8, 4) is 17.2 Å². The number of hydrogen-bond donors (Lipinski definition) is 1. The van der Waals surface area contributed by atoms with Gasteiger partial charge in [0.15, 0.2) is 5.11 Å². The van der Waals surface area contributed by atoms with Crippen molar-refractivity contribution in [2.45, 2.75) is 12.6 Å². The third-order valence-electron chi connectivity index (χ3n) is 5.37. The van der Waals surface area contributed by atoms with E-state index in [0.29, 0.717) is 5.11 Å². The highest BCUT2D eigenvalue weighted by Gasteiger charge is 2.33. The van der Waals surface area contributed by atoms with Crippen LogP contribution in [0.3, 0.4) is 0 Å². The van der Waals surface area contributed by atoms with Crippen molar-refractivity contribution in [2.75, 3.05) is 33.2 Å². The standard InChI is InChI=1S/C23H25N3O3S/c1-27-17-8-6-16(7-9-17)24-23(30)26-14-13-25-12-4-5-20(25)22(26)19-15-18(28-2)10-11-21(19)29-3/h4-12,15,22H,13-14H2,1-3H3,(H,24,30)/t22-/m0/s1. The topological polar surface area (TPSA) is 47.9 Å². The van der Waals surface area contributed by atoms with Crippen molar-refractivity contribution >= 4 is 23.0 Å². The van der Waals surface area contributed by atoms with Gasteiger partial charge in [-0.1, -0.05) is 0 Å². The monoisotopic (exact) mass is 423 g/mol. The molecule has 2 aromatic carbocycles. The normalized spacial score (nSPS) is 15.3. The average molecular weight is 424 g/mol. The van der Waals surface area contributed by atoms with Gasteiger partial charge in [0.2, 0.25) is 0 Å². The summed E-state index contributed by atoms with van der Waals surface area (Å²) in [5.41, 5.74) is 3.08. The molecule has 0 saturated carbocycles. The van der Waals surface area contributed by atoms with Gasteiger partial charge >= 0.3 is 0 Å². The van der Waals surface area contributed by atoms with Gasteiger partial charge in [0.1, 0.15) is 23.3 Å². The maximum absolute atomic E-state index is 5.84. The highest BCUT2D eigenvalue weighted by Crippen LogP contribution is 2.39. The molecule has 0 aliphatic carbocycles. The van der Waals surface area contributed by atoms with E-state index in [1.807, 2.05) is 42.5 Å². The predicted octanol–water partition coefficient (Wildman–Crippen LogP) is 4.32. The summed E-state index contributed by atoms with van der Waals surface area (Å²) in [4.78, 5) is 2.20. The lowest BCUT2D eigenvalue weighted by Gasteiger charge is -2.39. The summed E-state index contributed by atoms with van der Waals surface area (Å²) in [5.74, 6) is 2.39. The second-order valence-electron chi connectivity index (χ2n) is 6.99. The van der Waals surface area contributed by atoms with Gasteiger partial charge in [-0.15, -0.1) is 0 Å². The molecule has 1 aromatic heterocycles. The smallest absolute Gasteiger partial charge is 0.174 e. The van der Waals surface area contributed by atoms with Gasteiger partial charge in [-0.25, -0.2) is 0 Å². The predicted molar refractivity (Wildman–Crippen MR) is 122 cm³/mol. The molecule has 0 radical (unpaired) electrons. The van der Waals surface area contributed by atoms with Crippen molar-refractivity contribution in [3.63, 3.8) is 0 Å². The fourth-order valence-corrected chi connectivity index (χ4v) is 4.17. The van der Waals surface area contributed by atoms with E-state index < -0.39 is 0 Å². The van der Waals surface area contributed by atoms with E-state index in [2.05, 4.69) is 33.1 Å². The summed E-state index contributed by atoms with van der Waals surface area (Å²) in [7, 11) is 5.01. The first-order chi connectivity index (χ1) is 14.6. The van der Waals surface area contributed by atoms with Crippen LogP contribution in [0.2, 0.25) is 0 Å². The second-order valence-corrected chi connectivity index (χ2v) is 7.38. The number of thiocarbonyl (C=S) groups is 1. The van der Waals surface area contributed by atoms with Crippen molar-refractivity contribution in [3.05, 3.63) is 72.1 Å². The Balaban J connectivity index is 1.71. The van der Waals surface area contributed by atoms with Gasteiger partial charge in [0, 0.05) is 36.2 Å². The van der Waals surface area contributed by atoms with E-state index in [1.54, 1.807) is 21.3 Å². The molecule has 1 atom stereocenters. The van der Waals surface area contributed by atoms with Crippen LogP contribution >= 0.6 is 12.2 Å². The molecule has 0 saturated heterocycles. The molecule has 0 fully saturated rings.